The highest BCUT2D eigenvalue weighted by Gasteiger charge is 2.48. The monoisotopic (exact) mass is 1060 g/mol. The van der Waals surface area contributed by atoms with Crippen LogP contribution in [0.3, 0.4) is 0 Å². The van der Waals surface area contributed by atoms with Gasteiger partial charge in [0.1, 0.15) is 30.5 Å². The molecule has 1 rings (SSSR count). The number of aliphatic hydroxyl groups excluding tert-OH is 3. The van der Waals surface area contributed by atoms with Gasteiger partial charge in [0.15, 0.2) is 6.29 Å². The van der Waals surface area contributed by atoms with Crippen molar-refractivity contribution in [1.29, 1.82) is 0 Å². The highest BCUT2D eigenvalue weighted by Crippen LogP contribution is 2.26. The molecule has 1 aliphatic heterocycles. The number of hydrogen-bond donors (Lipinski definition) is 4. The summed E-state index contributed by atoms with van der Waals surface area (Å²) in [6.07, 6.45) is 62.6. The van der Waals surface area contributed by atoms with Gasteiger partial charge in [0, 0.05) is 13.0 Å². The molecule has 424 valence electrons. The lowest BCUT2D eigenvalue weighted by Gasteiger charge is -2.41. The van der Waals surface area contributed by atoms with Crippen LogP contribution in [-0.2, 0) is 38.3 Å². The third-order valence-corrected chi connectivity index (χ3v) is 12.9. The Labute approximate surface area is 449 Å². The van der Waals surface area contributed by atoms with E-state index in [2.05, 4.69) is 127 Å². The number of esters is 1. The van der Waals surface area contributed by atoms with Crippen molar-refractivity contribution in [3.8, 4) is 0 Å². The predicted molar refractivity (Wildman–Crippen MR) is 303 cm³/mol. The molecule has 0 radical (unpaired) electrons. The van der Waals surface area contributed by atoms with E-state index in [4.69, 9.17) is 18.9 Å². The van der Waals surface area contributed by atoms with Gasteiger partial charge in [-0.2, -0.15) is 8.42 Å². The van der Waals surface area contributed by atoms with Gasteiger partial charge in [0.25, 0.3) is 0 Å². The highest BCUT2D eigenvalue weighted by molar-refractivity contribution is 7.80. The fourth-order valence-electron chi connectivity index (χ4n) is 8.16. The third-order valence-electron chi connectivity index (χ3n) is 12.4. The second-order valence-electron chi connectivity index (χ2n) is 19.1. The van der Waals surface area contributed by atoms with Crippen molar-refractivity contribution < 1.29 is 56.2 Å². The lowest BCUT2D eigenvalue weighted by molar-refractivity contribution is -0.301. The van der Waals surface area contributed by atoms with Gasteiger partial charge in [-0.3, -0.25) is 9.35 Å². The molecule has 0 aromatic rings. The fourth-order valence-corrected chi connectivity index (χ4v) is 8.67. The quantitative estimate of drug-likeness (QED) is 0.0196. The van der Waals surface area contributed by atoms with Crippen LogP contribution in [0.25, 0.3) is 0 Å². The first-order chi connectivity index (χ1) is 36.1. The summed E-state index contributed by atoms with van der Waals surface area (Å²) in [6.45, 7) is 3.74. The minimum atomic E-state index is -5.08. The molecule has 12 nitrogen and oxygen atoms in total. The number of ether oxygens (including phenoxy) is 4. The van der Waals surface area contributed by atoms with Crippen LogP contribution in [0.15, 0.2) is 109 Å². The molecule has 6 atom stereocenters. The predicted octanol–water partition coefficient (Wildman–Crippen LogP) is 14.3. The Morgan fingerprint density at radius 1 is 0.514 bits per heavy atom. The summed E-state index contributed by atoms with van der Waals surface area (Å²) < 4.78 is 59.4. The zero-order valence-electron chi connectivity index (χ0n) is 45.9. The molecular formula is C61H102O12S. The summed E-state index contributed by atoms with van der Waals surface area (Å²) in [5.41, 5.74) is 0. The molecule has 0 aromatic heterocycles. The Bertz CT molecular complexity index is 1700. The number of allylic oxidation sites excluding steroid dienone is 18. The smallest absolute Gasteiger partial charge is 0.397 e. The molecule has 0 spiro atoms. The van der Waals surface area contributed by atoms with Gasteiger partial charge in [0.2, 0.25) is 0 Å². The van der Waals surface area contributed by atoms with E-state index in [0.717, 1.165) is 109 Å². The lowest BCUT2D eigenvalue weighted by Crippen LogP contribution is -2.60. The van der Waals surface area contributed by atoms with Crippen LogP contribution in [0.4, 0.5) is 0 Å². The SMILES string of the molecule is CC/C=C\C/C=C\C/C=C\C/C=C\C/C=C\CCCCCCCC(=O)OC(COCCCCCCCCCCCCCCC/C=C\C/C=C\C/C=C\C/C=C\CC)COC1OC(CO)C(O)C(OS(=O)(=O)O)C1O. The van der Waals surface area contributed by atoms with Crippen molar-refractivity contribution in [2.75, 3.05) is 26.4 Å². The molecular weight excluding hydrogens is 957 g/mol. The molecule has 13 heteroatoms. The Morgan fingerprint density at radius 3 is 1.30 bits per heavy atom. The Balaban J connectivity index is 2.32. The van der Waals surface area contributed by atoms with Gasteiger partial charge in [-0.15, -0.1) is 0 Å². The Morgan fingerprint density at radius 2 is 0.892 bits per heavy atom. The van der Waals surface area contributed by atoms with E-state index >= 15 is 0 Å². The number of hydrogen-bond acceptors (Lipinski definition) is 11. The summed E-state index contributed by atoms with van der Waals surface area (Å²) in [5.74, 6) is -0.421. The molecule has 1 heterocycles. The molecule has 0 aromatic carbocycles. The molecule has 6 unspecified atom stereocenters. The Kier molecular flexibility index (Phi) is 47.0. The van der Waals surface area contributed by atoms with E-state index in [1.807, 2.05) is 0 Å². The van der Waals surface area contributed by atoms with Crippen molar-refractivity contribution in [2.24, 2.45) is 0 Å². The third kappa shape index (κ3) is 42.9. The first-order valence-corrected chi connectivity index (χ1v) is 30.0. The normalized spacial score (nSPS) is 19.6. The summed E-state index contributed by atoms with van der Waals surface area (Å²) in [4.78, 5) is 13.0. The number of carbonyl (C=O) groups is 1. The number of unbranched alkanes of at least 4 members (excludes halogenated alkanes) is 18. The zero-order chi connectivity index (χ0) is 53.8. The van der Waals surface area contributed by atoms with E-state index in [-0.39, 0.29) is 19.6 Å². The highest BCUT2D eigenvalue weighted by atomic mass is 32.3. The molecule has 74 heavy (non-hydrogen) atoms. The molecule has 1 fully saturated rings. The van der Waals surface area contributed by atoms with Gasteiger partial charge in [0.05, 0.1) is 19.8 Å². The summed E-state index contributed by atoms with van der Waals surface area (Å²) >= 11 is 0. The molecule has 0 amide bonds. The van der Waals surface area contributed by atoms with Gasteiger partial charge in [-0.05, 0) is 96.3 Å². The summed E-state index contributed by atoms with van der Waals surface area (Å²) in [6, 6.07) is 0. The minimum absolute atomic E-state index is 0.0205. The van der Waals surface area contributed by atoms with E-state index in [0.29, 0.717) is 13.0 Å². The summed E-state index contributed by atoms with van der Waals surface area (Å²) in [5, 5.41) is 30.8. The van der Waals surface area contributed by atoms with Crippen LogP contribution in [-0.4, -0.2) is 97.5 Å². The van der Waals surface area contributed by atoms with Crippen molar-refractivity contribution >= 4 is 16.4 Å². The van der Waals surface area contributed by atoms with Gasteiger partial charge in [-0.25, -0.2) is 4.18 Å². The first kappa shape index (κ1) is 68.8. The van der Waals surface area contributed by atoms with Crippen molar-refractivity contribution in [3.05, 3.63) is 109 Å². The second kappa shape index (κ2) is 50.6. The van der Waals surface area contributed by atoms with Crippen molar-refractivity contribution in [2.45, 2.75) is 243 Å². The maximum absolute atomic E-state index is 13.0. The molecule has 0 saturated carbocycles. The molecule has 1 aliphatic rings. The van der Waals surface area contributed by atoms with Crippen LogP contribution in [0, 0.1) is 0 Å². The first-order valence-electron chi connectivity index (χ1n) is 28.6. The van der Waals surface area contributed by atoms with Crippen molar-refractivity contribution in [1.82, 2.24) is 0 Å². The Hall–Kier alpha value is -3.24. The van der Waals surface area contributed by atoms with E-state index < -0.39 is 59.8 Å². The largest absolute Gasteiger partial charge is 0.457 e. The number of carbonyl (C=O) groups excluding carboxylic acids is 1. The van der Waals surface area contributed by atoms with Crippen LogP contribution in [0.2, 0.25) is 0 Å². The maximum Gasteiger partial charge on any atom is 0.397 e. The number of aliphatic hydroxyl groups is 3. The average molecular weight is 1060 g/mol. The zero-order valence-corrected chi connectivity index (χ0v) is 46.7. The lowest BCUT2D eigenvalue weighted by atomic mass is 9.99. The second-order valence-corrected chi connectivity index (χ2v) is 20.2. The standard InChI is InChI=1S/C61H102O12S/c1-3-5-7-9-11-13-15-17-19-21-23-25-26-27-28-29-31-33-35-37-39-41-43-45-47-49-51-69-53-55(54-70-61-59(65)60(73-74(66,67)68)58(64)56(52-62)72-61)71-57(63)50-48-46-44-42-40-38-36-34-32-30-24-22-20-18-16-14-12-10-8-6-4-2/h5-8,11-14,17-20,23-25,30,34,36,55-56,58-62,64-65H,3-4,9-10,15-16,21-22,26-29,31-33,35,37-54H2,1-2H3,(H,66,67,68)/b7-5-,8-6-,13-11-,14-12-,19-17-,20-18-,25-23-,30-24-,36-34-. The molecule has 1 saturated heterocycles. The summed E-state index contributed by atoms with van der Waals surface area (Å²) in [7, 11) is -5.08. The number of rotatable bonds is 49. The van der Waals surface area contributed by atoms with E-state index in [1.54, 1.807) is 0 Å². The van der Waals surface area contributed by atoms with Gasteiger partial charge < -0.3 is 34.3 Å². The van der Waals surface area contributed by atoms with E-state index in [9.17, 15) is 33.1 Å². The maximum atomic E-state index is 13.0. The van der Waals surface area contributed by atoms with Crippen LogP contribution >= 0.6 is 0 Å². The topological polar surface area (TPSA) is 178 Å². The minimum Gasteiger partial charge on any atom is -0.457 e. The molecule has 4 N–H and O–H groups in total. The average Bonchev–Trinajstić information content (AvgIpc) is 3.38. The van der Waals surface area contributed by atoms with Crippen LogP contribution in [0.5, 0.6) is 0 Å². The van der Waals surface area contributed by atoms with Gasteiger partial charge >= 0.3 is 16.4 Å². The van der Waals surface area contributed by atoms with Gasteiger partial charge in [-0.1, -0.05) is 213 Å². The van der Waals surface area contributed by atoms with Crippen LogP contribution in [0.1, 0.15) is 206 Å². The molecule has 0 bridgehead atoms. The van der Waals surface area contributed by atoms with Crippen molar-refractivity contribution in [3.63, 3.8) is 0 Å². The van der Waals surface area contributed by atoms with Crippen LogP contribution < -0.4 is 0 Å². The van der Waals surface area contributed by atoms with E-state index in [1.165, 1.54) is 70.6 Å². The fraction of sp³-hybridized carbons (Fsp3) is 0.689. The molecule has 0 aliphatic carbocycles.